The predicted octanol–water partition coefficient (Wildman–Crippen LogP) is 0.911. The van der Waals surface area contributed by atoms with E-state index in [9.17, 15) is 0 Å². The van der Waals surface area contributed by atoms with Gasteiger partial charge in [-0.15, -0.1) is 12.4 Å². The molecule has 1 aliphatic heterocycles. The lowest BCUT2D eigenvalue weighted by atomic mass is 10.1. The van der Waals surface area contributed by atoms with Crippen LogP contribution in [-0.4, -0.2) is 5.72 Å². The Morgan fingerprint density at radius 2 is 2.50 bits per heavy atom. The van der Waals surface area contributed by atoms with Crippen LogP contribution in [0.3, 0.4) is 0 Å². The molecule has 0 aromatic rings. The van der Waals surface area contributed by atoms with E-state index in [-0.39, 0.29) is 18.8 Å². The number of halogens is 1. The summed E-state index contributed by atoms with van der Waals surface area (Å²) in [4.78, 5) is 0. The van der Waals surface area contributed by atoms with Crippen molar-refractivity contribution in [2.24, 2.45) is 5.73 Å². The van der Waals surface area contributed by atoms with Gasteiger partial charge in [0, 0.05) is 6.42 Å². The van der Waals surface area contributed by atoms with Crippen LogP contribution in [0.2, 0.25) is 0 Å². The summed E-state index contributed by atoms with van der Waals surface area (Å²) < 4.78 is 4.96. The van der Waals surface area contributed by atoms with E-state index in [4.69, 9.17) is 15.7 Å². The van der Waals surface area contributed by atoms with Crippen LogP contribution >= 0.6 is 12.4 Å². The predicted molar refractivity (Wildman–Crippen MR) is 39.2 cm³/mol. The van der Waals surface area contributed by atoms with E-state index >= 15 is 0 Å². The molecule has 0 radical (unpaired) electrons. The van der Waals surface area contributed by atoms with Crippen LogP contribution in [0, 0.1) is 11.3 Å². The maximum Gasteiger partial charge on any atom is 0.174 e. The standard InChI is InChI=1S/C6H8N2O.ClH/c7-4-3-6(8)2-1-5-9-6;/h1,5H,2-3,8H2;1H. The number of nitrogens with two attached hydrogens (primary N) is 1. The third kappa shape index (κ3) is 1.90. The van der Waals surface area contributed by atoms with Crippen LogP contribution in [0.4, 0.5) is 0 Å². The second kappa shape index (κ2) is 3.45. The normalized spacial score (nSPS) is 28.4. The minimum atomic E-state index is -0.727. The van der Waals surface area contributed by atoms with Gasteiger partial charge in [-0.1, -0.05) is 0 Å². The summed E-state index contributed by atoms with van der Waals surface area (Å²) in [7, 11) is 0. The molecule has 56 valence electrons. The molecule has 0 saturated heterocycles. The molecule has 1 rings (SSSR count). The van der Waals surface area contributed by atoms with Crippen molar-refractivity contribution in [3.8, 4) is 6.07 Å². The van der Waals surface area contributed by atoms with Gasteiger partial charge in [0.25, 0.3) is 0 Å². The van der Waals surface area contributed by atoms with Crippen LogP contribution in [0.15, 0.2) is 12.3 Å². The van der Waals surface area contributed by atoms with Crippen LogP contribution in [0.25, 0.3) is 0 Å². The van der Waals surface area contributed by atoms with Crippen molar-refractivity contribution in [3.63, 3.8) is 0 Å². The highest BCUT2D eigenvalue weighted by Gasteiger charge is 2.27. The second-order valence-electron chi connectivity index (χ2n) is 2.09. The summed E-state index contributed by atoms with van der Waals surface area (Å²) in [5.74, 6) is 0. The SMILES string of the molecule is Cl.N#CCC1(N)CC=CO1. The zero-order valence-corrected chi connectivity index (χ0v) is 6.23. The molecular weight excluding hydrogens is 152 g/mol. The molecule has 1 aliphatic rings. The highest BCUT2D eigenvalue weighted by Crippen LogP contribution is 2.19. The zero-order chi connectivity index (χ0) is 6.74. The molecule has 1 unspecified atom stereocenters. The van der Waals surface area contributed by atoms with E-state index in [1.165, 1.54) is 6.26 Å². The number of ether oxygens (including phenoxy) is 1. The van der Waals surface area contributed by atoms with E-state index < -0.39 is 5.72 Å². The molecule has 0 fully saturated rings. The average molecular weight is 161 g/mol. The summed E-state index contributed by atoms with van der Waals surface area (Å²) in [5, 5.41) is 8.25. The van der Waals surface area contributed by atoms with E-state index in [1.807, 2.05) is 12.1 Å². The Morgan fingerprint density at radius 1 is 1.80 bits per heavy atom. The third-order valence-corrected chi connectivity index (χ3v) is 1.24. The molecule has 0 saturated carbocycles. The molecular formula is C6H9ClN2O. The fourth-order valence-electron chi connectivity index (χ4n) is 0.727. The third-order valence-electron chi connectivity index (χ3n) is 1.24. The smallest absolute Gasteiger partial charge is 0.174 e. The number of hydrogen-bond acceptors (Lipinski definition) is 3. The molecule has 4 heteroatoms. The maximum atomic E-state index is 8.25. The topological polar surface area (TPSA) is 59.0 Å². The first-order valence-corrected chi connectivity index (χ1v) is 2.75. The van der Waals surface area contributed by atoms with Crippen molar-refractivity contribution in [1.82, 2.24) is 0 Å². The summed E-state index contributed by atoms with van der Waals surface area (Å²) in [5.41, 5.74) is 4.83. The maximum absolute atomic E-state index is 8.25. The lowest BCUT2D eigenvalue weighted by Gasteiger charge is -2.18. The Labute approximate surface area is 65.9 Å². The monoisotopic (exact) mass is 160 g/mol. The number of hydrogen-bond donors (Lipinski definition) is 1. The van der Waals surface area contributed by atoms with Gasteiger partial charge in [-0.3, -0.25) is 5.73 Å². The van der Waals surface area contributed by atoms with Crippen LogP contribution < -0.4 is 5.73 Å². The number of nitriles is 1. The van der Waals surface area contributed by atoms with Gasteiger partial charge in [0.15, 0.2) is 5.72 Å². The minimum Gasteiger partial charge on any atom is -0.480 e. The molecule has 0 spiro atoms. The summed E-state index contributed by atoms with van der Waals surface area (Å²) in [6, 6.07) is 1.96. The minimum absolute atomic E-state index is 0. The summed E-state index contributed by atoms with van der Waals surface area (Å²) in [6.07, 6.45) is 4.25. The Hall–Kier alpha value is -0.720. The van der Waals surface area contributed by atoms with Crippen molar-refractivity contribution in [2.75, 3.05) is 0 Å². The molecule has 10 heavy (non-hydrogen) atoms. The molecule has 0 bridgehead atoms. The average Bonchev–Trinajstić information content (AvgIpc) is 2.16. The number of rotatable bonds is 1. The first kappa shape index (κ1) is 9.28. The van der Waals surface area contributed by atoms with Crippen molar-refractivity contribution < 1.29 is 4.74 Å². The van der Waals surface area contributed by atoms with Crippen LogP contribution in [0.5, 0.6) is 0 Å². The molecule has 2 N–H and O–H groups in total. The van der Waals surface area contributed by atoms with Crippen molar-refractivity contribution in [3.05, 3.63) is 12.3 Å². The lowest BCUT2D eigenvalue weighted by Crippen LogP contribution is -2.38. The second-order valence-corrected chi connectivity index (χ2v) is 2.09. The van der Waals surface area contributed by atoms with Crippen molar-refractivity contribution in [2.45, 2.75) is 18.6 Å². The Morgan fingerprint density at radius 3 is 2.90 bits per heavy atom. The Balaban J connectivity index is 0.000000810. The fraction of sp³-hybridized carbons (Fsp3) is 0.500. The first-order valence-electron chi connectivity index (χ1n) is 2.75. The molecule has 0 aromatic heterocycles. The fourth-order valence-corrected chi connectivity index (χ4v) is 0.727. The van der Waals surface area contributed by atoms with E-state index in [1.54, 1.807) is 0 Å². The Bertz CT molecular complexity index is 165. The van der Waals surface area contributed by atoms with Gasteiger partial charge in [0.1, 0.15) is 0 Å². The highest BCUT2D eigenvalue weighted by atomic mass is 35.5. The van der Waals surface area contributed by atoms with E-state index in [0.29, 0.717) is 6.42 Å². The number of nitrogens with zero attached hydrogens (tertiary/aromatic N) is 1. The van der Waals surface area contributed by atoms with Gasteiger partial charge in [0.05, 0.1) is 18.8 Å². The van der Waals surface area contributed by atoms with Gasteiger partial charge in [0.2, 0.25) is 0 Å². The Kier molecular flexibility index (Phi) is 3.20. The van der Waals surface area contributed by atoms with Crippen molar-refractivity contribution >= 4 is 12.4 Å². The zero-order valence-electron chi connectivity index (χ0n) is 5.41. The van der Waals surface area contributed by atoms with Gasteiger partial charge in [-0.05, 0) is 6.08 Å². The molecule has 3 nitrogen and oxygen atoms in total. The van der Waals surface area contributed by atoms with E-state index in [2.05, 4.69) is 0 Å². The van der Waals surface area contributed by atoms with Gasteiger partial charge in [-0.25, -0.2) is 0 Å². The van der Waals surface area contributed by atoms with Gasteiger partial charge in [-0.2, -0.15) is 5.26 Å². The molecule has 1 heterocycles. The lowest BCUT2D eigenvalue weighted by molar-refractivity contribution is 0.0557. The first-order chi connectivity index (χ1) is 4.27. The largest absolute Gasteiger partial charge is 0.480 e. The van der Waals surface area contributed by atoms with E-state index in [0.717, 1.165) is 0 Å². The quantitative estimate of drug-likeness (QED) is 0.621. The van der Waals surface area contributed by atoms with Gasteiger partial charge >= 0.3 is 0 Å². The summed E-state index contributed by atoms with van der Waals surface area (Å²) in [6.45, 7) is 0. The highest BCUT2D eigenvalue weighted by molar-refractivity contribution is 5.85. The molecule has 1 atom stereocenters. The molecule has 0 amide bonds. The molecule has 0 aliphatic carbocycles. The summed E-state index contributed by atoms with van der Waals surface area (Å²) >= 11 is 0. The molecule has 0 aromatic carbocycles. The van der Waals surface area contributed by atoms with Gasteiger partial charge < -0.3 is 4.74 Å². The van der Waals surface area contributed by atoms with Crippen molar-refractivity contribution in [1.29, 1.82) is 5.26 Å². The van der Waals surface area contributed by atoms with Crippen LogP contribution in [0.1, 0.15) is 12.8 Å². The van der Waals surface area contributed by atoms with Crippen LogP contribution in [-0.2, 0) is 4.74 Å².